The number of aryl methyl sites for hydroxylation is 1. The number of fused-ring (bicyclic) bond motifs is 1. The second-order valence-electron chi connectivity index (χ2n) is 7.89. The van der Waals surface area contributed by atoms with Gasteiger partial charge in [0, 0.05) is 12.1 Å². The van der Waals surface area contributed by atoms with Gasteiger partial charge in [-0.3, -0.25) is 4.79 Å². The number of amides is 1. The van der Waals surface area contributed by atoms with Crippen molar-refractivity contribution in [2.75, 3.05) is 24.7 Å². The van der Waals surface area contributed by atoms with Crippen LogP contribution in [0.15, 0.2) is 71.6 Å². The zero-order valence-electron chi connectivity index (χ0n) is 18.6. The van der Waals surface area contributed by atoms with Crippen LogP contribution in [0.4, 0.5) is 11.4 Å². The van der Waals surface area contributed by atoms with E-state index >= 15 is 0 Å². The summed E-state index contributed by atoms with van der Waals surface area (Å²) in [5, 5.41) is 2.84. The first-order valence-corrected chi connectivity index (χ1v) is 12.2. The molecule has 172 valence electrons. The fourth-order valence-electron chi connectivity index (χ4n) is 4.28. The topological polar surface area (TPSA) is 102 Å². The maximum Gasteiger partial charge on any atom is 0.255 e. The number of carbonyl (C=O) groups excluding carboxylic acids is 1. The number of rotatable bonds is 7. The second-order valence-corrected chi connectivity index (χ2v) is 9.78. The van der Waals surface area contributed by atoms with Crippen molar-refractivity contribution in [3.63, 3.8) is 0 Å². The molecule has 1 amide bonds. The molecule has 1 unspecified atom stereocenters. The summed E-state index contributed by atoms with van der Waals surface area (Å²) in [7, 11) is -2.15. The van der Waals surface area contributed by atoms with Gasteiger partial charge in [-0.2, -0.15) is 4.31 Å². The van der Waals surface area contributed by atoms with Gasteiger partial charge in [0.25, 0.3) is 5.91 Å². The van der Waals surface area contributed by atoms with Crippen LogP contribution in [-0.4, -0.2) is 32.3 Å². The standard InChI is InChI=1S/C25H27N3O4S/c1-3-28(33(30,31)20-12-10-19(32-2)11-13-20)24-15-9-17-16-18(8-14-21(17)24)25(29)27-23-7-5-4-6-22(23)26/h4-8,10-14,16,24H,3,9,15,26H2,1-2H3,(H,27,29). The lowest BCUT2D eigenvalue weighted by molar-refractivity contribution is 0.102. The largest absolute Gasteiger partial charge is 0.497 e. The number of anilines is 2. The van der Waals surface area contributed by atoms with E-state index in [2.05, 4.69) is 5.32 Å². The van der Waals surface area contributed by atoms with Crippen molar-refractivity contribution < 1.29 is 17.9 Å². The molecule has 0 saturated carbocycles. The molecule has 1 aliphatic rings. The number of carbonyl (C=O) groups is 1. The molecule has 0 radical (unpaired) electrons. The number of benzene rings is 3. The number of nitrogens with one attached hydrogen (secondary N) is 1. The molecule has 3 N–H and O–H groups in total. The number of nitrogens with two attached hydrogens (primary N) is 1. The van der Waals surface area contributed by atoms with Crippen LogP contribution in [0.1, 0.15) is 40.9 Å². The summed E-state index contributed by atoms with van der Waals surface area (Å²) in [6.07, 6.45) is 1.36. The van der Waals surface area contributed by atoms with Gasteiger partial charge in [-0.1, -0.05) is 25.1 Å². The Kier molecular flexibility index (Phi) is 6.40. The van der Waals surface area contributed by atoms with Crippen molar-refractivity contribution in [3.8, 4) is 5.75 Å². The van der Waals surface area contributed by atoms with Crippen LogP contribution in [0.5, 0.6) is 5.75 Å². The van der Waals surface area contributed by atoms with E-state index in [0.29, 0.717) is 42.1 Å². The van der Waals surface area contributed by atoms with Crippen LogP contribution in [0, 0.1) is 0 Å². The predicted octanol–water partition coefficient (Wildman–Crippen LogP) is 4.23. The molecule has 4 rings (SSSR count). The molecule has 8 heteroatoms. The third-order valence-electron chi connectivity index (χ3n) is 5.99. The van der Waals surface area contributed by atoms with Crippen molar-refractivity contribution in [1.82, 2.24) is 4.31 Å². The van der Waals surface area contributed by atoms with E-state index in [4.69, 9.17) is 10.5 Å². The Morgan fingerprint density at radius 2 is 1.85 bits per heavy atom. The van der Waals surface area contributed by atoms with E-state index in [1.54, 1.807) is 55.6 Å². The van der Waals surface area contributed by atoms with Crippen LogP contribution in [0.3, 0.4) is 0 Å². The van der Waals surface area contributed by atoms with Crippen molar-refractivity contribution in [1.29, 1.82) is 0 Å². The van der Waals surface area contributed by atoms with Crippen molar-refractivity contribution in [2.45, 2.75) is 30.7 Å². The minimum Gasteiger partial charge on any atom is -0.497 e. The fraction of sp³-hybridized carbons (Fsp3) is 0.240. The van der Waals surface area contributed by atoms with E-state index < -0.39 is 10.0 Å². The van der Waals surface area contributed by atoms with Gasteiger partial charge in [0.05, 0.1) is 29.4 Å². The maximum atomic E-state index is 13.4. The Hall–Kier alpha value is -3.36. The molecular formula is C25H27N3O4S. The molecule has 3 aromatic rings. The van der Waals surface area contributed by atoms with Crippen LogP contribution in [0.25, 0.3) is 0 Å². The van der Waals surface area contributed by atoms with Crippen LogP contribution >= 0.6 is 0 Å². The highest BCUT2D eigenvalue weighted by Crippen LogP contribution is 2.39. The van der Waals surface area contributed by atoms with Gasteiger partial charge in [-0.25, -0.2) is 8.42 Å². The molecule has 0 bridgehead atoms. The highest BCUT2D eigenvalue weighted by atomic mass is 32.2. The van der Waals surface area contributed by atoms with Gasteiger partial charge >= 0.3 is 0 Å². The van der Waals surface area contributed by atoms with Gasteiger partial charge in [0.1, 0.15) is 5.75 Å². The van der Waals surface area contributed by atoms with Crippen LogP contribution in [0.2, 0.25) is 0 Å². The number of ether oxygens (including phenoxy) is 1. The third kappa shape index (κ3) is 4.44. The van der Waals surface area contributed by atoms with E-state index in [1.165, 1.54) is 4.31 Å². The van der Waals surface area contributed by atoms with E-state index in [1.807, 2.05) is 25.1 Å². The van der Waals surface area contributed by atoms with E-state index in [9.17, 15) is 13.2 Å². The summed E-state index contributed by atoms with van der Waals surface area (Å²) in [4.78, 5) is 13.0. The summed E-state index contributed by atoms with van der Waals surface area (Å²) in [6, 6.07) is 18.7. The van der Waals surface area contributed by atoms with Gasteiger partial charge < -0.3 is 15.8 Å². The molecule has 0 saturated heterocycles. The quantitative estimate of drug-likeness (QED) is 0.509. The molecule has 0 heterocycles. The lowest BCUT2D eigenvalue weighted by Gasteiger charge is -2.28. The highest BCUT2D eigenvalue weighted by molar-refractivity contribution is 7.89. The average Bonchev–Trinajstić information content (AvgIpc) is 3.23. The maximum absolute atomic E-state index is 13.4. The zero-order chi connectivity index (χ0) is 23.6. The Morgan fingerprint density at radius 3 is 2.52 bits per heavy atom. The summed E-state index contributed by atoms with van der Waals surface area (Å²) >= 11 is 0. The summed E-state index contributed by atoms with van der Waals surface area (Å²) < 4.78 is 33.4. The Labute approximate surface area is 194 Å². The molecule has 0 fully saturated rings. The number of sulfonamides is 1. The van der Waals surface area contributed by atoms with Crippen LogP contribution in [-0.2, 0) is 16.4 Å². The zero-order valence-corrected chi connectivity index (χ0v) is 19.4. The molecule has 1 atom stereocenters. The molecule has 3 aromatic carbocycles. The summed E-state index contributed by atoms with van der Waals surface area (Å²) in [5.74, 6) is 0.351. The molecule has 0 spiro atoms. The molecule has 7 nitrogen and oxygen atoms in total. The number of nitrogen functional groups attached to an aromatic ring is 1. The van der Waals surface area contributed by atoms with E-state index in [-0.39, 0.29) is 16.8 Å². The highest BCUT2D eigenvalue weighted by Gasteiger charge is 2.35. The normalized spacial score (nSPS) is 15.3. The summed E-state index contributed by atoms with van der Waals surface area (Å²) in [5.41, 5.74) is 9.41. The Bertz CT molecular complexity index is 1270. The summed E-state index contributed by atoms with van der Waals surface area (Å²) in [6.45, 7) is 2.18. The van der Waals surface area contributed by atoms with E-state index in [0.717, 1.165) is 11.1 Å². The first-order valence-electron chi connectivity index (χ1n) is 10.8. The lowest BCUT2D eigenvalue weighted by atomic mass is 10.0. The van der Waals surface area contributed by atoms with Crippen molar-refractivity contribution in [2.24, 2.45) is 0 Å². The Balaban J connectivity index is 1.58. The molecule has 0 aliphatic heterocycles. The van der Waals surface area contributed by atoms with Crippen molar-refractivity contribution in [3.05, 3.63) is 83.4 Å². The minimum absolute atomic E-state index is 0.232. The number of hydrogen-bond donors (Lipinski definition) is 2. The fourth-order valence-corrected chi connectivity index (χ4v) is 5.93. The lowest BCUT2D eigenvalue weighted by Crippen LogP contribution is -2.34. The SMILES string of the molecule is CCN(C1CCc2cc(C(=O)Nc3ccccc3N)ccc21)S(=O)(=O)c1ccc(OC)cc1. The molecule has 33 heavy (non-hydrogen) atoms. The third-order valence-corrected chi connectivity index (χ3v) is 7.98. The van der Waals surface area contributed by atoms with Gasteiger partial charge in [0.2, 0.25) is 10.0 Å². The monoisotopic (exact) mass is 465 g/mol. The predicted molar refractivity (Wildman–Crippen MR) is 129 cm³/mol. The molecule has 1 aliphatic carbocycles. The van der Waals surface area contributed by atoms with Crippen molar-refractivity contribution >= 4 is 27.3 Å². The Morgan fingerprint density at radius 1 is 1.12 bits per heavy atom. The van der Waals surface area contributed by atoms with Gasteiger partial charge in [-0.05, 0) is 72.5 Å². The smallest absolute Gasteiger partial charge is 0.255 e. The van der Waals surface area contributed by atoms with Gasteiger partial charge in [-0.15, -0.1) is 0 Å². The first kappa shape index (κ1) is 22.8. The molecular weight excluding hydrogens is 438 g/mol. The minimum atomic E-state index is -3.69. The number of nitrogens with zero attached hydrogens (tertiary/aromatic N) is 1. The molecule has 0 aromatic heterocycles. The number of hydrogen-bond acceptors (Lipinski definition) is 5. The number of methoxy groups -OCH3 is 1. The second kappa shape index (κ2) is 9.25. The van der Waals surface area contributed by atoms with Gasteiger partial charge in [0.15, 0.2) is 0 Å². The number of para-hydroxylation sites is 2. The van der Waals surface area contributed by atoms with Crippen LogP contribution < -0.4 is 15.8 Å². The first-order chi connectivity index (χ1) is 15.8. The average molecular weight is 466 g/mol.